The highest BCUT2D eigenvalue weighted by molar-refractivity contribution is 5.92. The Kier molecular flexibility index (Phi) is 4.61. The minimum Gasteiger partial charge on any atom is -0.325 e. The Bertz CT molecular complexity index is 442. The van der Waals surface area contributed by atoms with E-state index in [1.807, 2.05) is 6.07 Å². The van der Waals surface area contributed by atoms with Crippen molar-refractivity contribution in [2.24, 2.45) is 0 Å². The number of halogens is 1. The topological polar surface area (TPSA) is 56.1 Å². The highest BCUT2D eigenvalue weighted by Crippen LogP contribution is 2.09. The molecule has 0 spiro atoms. The molecule has 5 heteroatoms. The number of benzene rings is 1. The monoisotopic (exact) mass is 235 g/mol. The van der Waals surface area contributed by atoms with Gasteiger partial charge < -0.3 is 5.32 Å². The number of rotatable bonds is 4. The zero-order chi connectivity index (χ0) is 12.8. The van der Waals surface area contributed by atoms with Gasteiger partial charge in [0, 0.05) is 5.69 Å². The highest BCUT2D eigenvalue weighted by Gasteiger charge is 2.12. The SMILES string of the molecule is CC(C#N)N(C)CC(=O)Nc1cccc(F)c1. The van der Waals surface area contributed by atoms with E-state index in [9.17, 15) is 9.18 Å². The van der Waals surface area contributed by atoms with Gasteiger partial charge in [-0.15, -0.1) is 0 Å². The molecule has 1 aromatic rings. The van der Waals surface area contributed by atoms with Crippen LogP contribution in [0, 0.1) is 17.1 Å². The van der Waals surface area contributed by atoms with Gasteiger partial charge in [0.25, 0.3) is 0 Å². The van der Waals surface area contributed by atoms with E-state index in [0.717, 1.165) is 0 Å². The Labute approximate surface area is 99.7 Å². The predicted octanol–water partition coefficient (Wildman–Crippen LogP) is 1.61. The fraction of sp³-hybridized carbons (Fsp3) is 0.333. The van der Waals surface area contributed by atoms with Crippen molar-refractivity contribution in [3.8, 4) is 6.07 Å². The molecule has 1 unspecified atom stereocenters. The smallest absolute Gasteiger partial charge is 0.238 e. The summed E-state index contributed by atoms with van der Waals surface area (Å²) in [7, 11) is 1.68. The van der Waals surface area contributed by atoms with E-state index < -0.39 is 5.82 Å². The van der Waals surface area contributed by atoms with Crippen molar-refractivity contribution in [1.82, 2.24) is 4.90 Å². The van der Waals surface area contributed by atoms with Crippen molar-refractivity contribution < 1.29 is 9.18 Å². The standard InChI is InChI=1S/C12H14FN3O/c1-9(7-14)16(2)8-12(17)15-11-5-3-4-10(13)6-11/h3-6,9H,8H2,1-2H3,(H,15,17). The van der Waals surface area contributed by atoms with E-state index in [2.05, 4.69) is 5.32 Å². The Morgan fingerprint density at radius 1 is 1.65 bits per heavy atom. The maximum absolute atomic E-state index is 12.9. The van der Waals surface area contributed by atoms with Crippen LogP contribution in [0.2, 0.25) is 0 Å². The normalized spacial score (nSPS) is 11.9. The van der Waals surface area contributed by atoms with Crippen LogP contribution in [-0.4, -0.2) is 30.4 Å². The molecule has 1 rings (SSSR count). The molecule has 0 aromatic heterocycles. The summed E-state index contributed by atoms with van der Waals surface area (Å²) in [4.78, 5) is 13.2. The zero-order valence-corrected chi connectivity index (χ0v) is 9.77. The molecule has 0 radical (unpaired) electrons. The first kappa shape index (κ1) is 13.1. The number of anilines is 1. The largest absolute Gasteiger partial charge is 0.325 e. The number of hydrogen-bond acceptors (Lipinski definition) is 3. The molecular formula is C12H14FN3O. The first-order valence-electron chi connectivity index (χ1n) is 5.18. The average molecular weight is 235 g/mol. The molecule has 1 N–H and O–H groups in total. The number of hydrogen-bond donors (Lipinski definition) is 1. The van der Waals surface area contributed by atoms with Crippen LogP contribution in [-0.2, 0) is 4.79 Å². The Morgan fingerprint density at radius 2 is 2.35 bits per heavy atom. The molecule has 90 valence electrons. The van der Waals surface area contributed by atoms with Crippen LogP contribution in [0.5, 0.6) is 0 Å². The van der Waals surface area contributed by atoms with Crippen LogP contribution in [0.1, 0.15) is 6.92 Å². The summed E-state index contributed by atoms with van der Waals surface area (Å²) in [6, 6.07) is 7.36. The summed E-state index contributed by atoms with van der Waals surface area (Å²) in [5.74, 6) is -0.679. The third kappa shape index (κ3) is 4.21. The molecule has 0 aliphatic heterocycles. The molecule has 0 heterocycles. The molecule has 0 saturated heterocycles. The molecule has 1 aromatic carbocycles. The van der Waals surface area contributed by atoms with Crippen LogP contribution < -0.4 is 5.32 Å². The first-order chi connectivity index (χ1) is 8.02. The summed E-state index contributed by atoms with van der Waals surface area (Å²) in [5.41, 5.74) is 0.410. The second-order valence-corrected chi connectivity index (χ2v) is 3.78. The molecule has 17 heavy (non-hydrogen) atoms. The van der Waals surface area contributed by atoms with Gasteiger partial charge in [-0.05, 0) is 32.2 Å². The van der Waals surface area contributed by atoms with Crippen LogP contribution in [0.25, 0.3) is 0 Å². The van der Waals surface area contributed by atoms with Crippen molar-refractivity contribution in [2.75, 3.05) is 18.9 Å². The summed E-state index contributed by atoms with van der Waals surface area (Å²) >= 11 is 0. The summed E-state index contributed by atoms with van der Waals surface area (Å²) in [5, 5.41) is 11.2. The van der Waals surface area contributed by atoms with E-state index in [0.29, 0.717) is 5.69 Å². The Hall–Kier alpha value is -1.93. The van der Waals surface area contributed by atoms with E-state index in [1.54, 1.807) is 24.9 Å². The van der Waals surface area contributed by atoms with E-state index in [1.165, 1.54) is 18.2 Å². The van der Waals surface area contributed by atoms with Gasteiger partial charge in [0.2, 0.25) is 5.91 Å². The van der Waals surface area contributed by atoms with Gasteiger partial charge in [-0.25, -0.2) is 4.39 Å². The predicted molar refractivity (Wildman–Crippen MR) is 62.7 cm³/mol. The number of likely N-dealkylation sites (N-methyl/N-ethyl adjacent to an activating group) is 1. The van der Waals surface area contributed by atoms with E-state index in [4.69, 9.17) is 5.26 Å². The molecule has 0 fully saturated rings. The van der Waals surface area contributed by atoms with Gasteiger partial charge in [-0.1, -0.05) is 6.07 Å². The van der Waals surface area contributed by atoms with Gasteiger partial charge in [-0.3, -0.25) is 9.69 Å². The molecule has 0 saturated carbocycles. The lowest BCUT2D eigenvalue weighted by atomic mass is 10.3. The minimum absolute atomic E-state index is 0.0885. The van der Waals surface area contributed by atoms with Crippen molar-refractivity contribution in [2.45, 2.75) is 13.0 Å². The maximum Gasteiger partial charge on any atom is 0.238 e. The van der Waals surface area contributed by atoms with Gasteiger partial charge in [-0.2, -0.15) is 5.26 Å². The molecule has 1 atom stereocenters. The molecule has 0 bridgehead atoms. The van der Waals surface area contributed by atoms with Crippen LogP contribution >= 0.6 is 0 Å². The second kappa shape index (κ2) is 5.97. The van der Waals surface area contributed by atoms with Crippen LogP contribution in [0.4, 0.5) is 10.1 Å². The fourth-order valence-corrected chi connectivity index (χ4v) is 1.23. The molecular weight excluding hydrogens is 221 g/mol. The molecule has 1 amide bonds. The fourth-order valence-electron chi connectivity index (χ4n) is 1.23. The van der Waals surface area contributed by atoms with Crippen LogP contribution in [0.3, 0.4) is 0 Å². The number of nitrogens with zero attached hydrogens (tertiary/aromatic N) is 2. The lowest BCUT2D eigenvalue weighted by molar-refractivity contribution is -0.117. The number of nitrogens with one attached hydrogen (secondary N) is 1. The second-order valence-electron chi connectivity index (χ2n) is 3.78. The Balaban J connectivity index is 2.53. The number of nitriles is 1. The van der Waals surface area contributed by atoms with Crippen molar-refractivity contribution >= 4 is 11.6 Å². The molecule has 0 aliphatic carbocycles. The van der Waals surface area contributed by atoms with Crippen molar-refractivity contribution in [3.05, 3.63) is 30.1 Å². The lowest BCUT2D eigenvalue weighted by Gasteiger charge is -2.18. The summed E-state index contributed by atoms with van der Waals surface area (Å²) in [6.07, 6.45) is 0. The van der Waals surface area contributed by atoms with Gasteiger partial charge >= 0.3 is 0 Å². The van der Waals surface area contributed by atoms with Crippen molar-refractivity contribution in [1.29, 1.82) is 5.26 Å². The molecule has 0 aliphatic rings. The third-order valence-corrected chi connectivity index (χ3v) is 2.35. The molecule has 4 nitrogen and oxygen atoms in total. The first-order valence-corrected chi connectivity index (χ1v) is 5.18. The lowest BCUT2D eigenvalue weighted by Crippen LogP contribution is -2.35. The highest BCUT2D eigenvalue weighted by atomic mass is 19.1. The number of carbonyl (C=O) groups is 1. The number of amides is 1. The number of carbonyl (C=O) groups excluding carboxylic acids is 1. The van der Waals surface area contributed by atoms with Gasteiger partial charge in [0.1, 0.15) is 5.82 Å². The van der Waals surface area contributed by atoms with Gasteiger partial charge in [0.05, 0.1) is 18.7 Å². The van der Waals surface area contributed by atoms with Crippen molar-refractivity contribution in [3.63, 3.8) is 0 Å². The zero-order valence-electron chi connectivity index (χ0n) is 9.77. The average Bonchev–Trinajstić information content (AvgIpc) is 2.27. The Morgan fingerprint density at radius 3 is 2.94 bits per heavy atom. The summed E-state index contributed by atoms with van der Waals surface area (Å²) in [6.45, 7) is 1.79. The van der Waals surface area contributed by atoms with E-state index >= 15 is 0 Å². The third-order valence-electron chi connectivity index (χ3n) is 2.35. The minimum atomic E-state index is -0.401. The van der Waals surface area contributed by atoms with Crippen LogP contribution in [0.15, 0.2) is 24.3 Å². The summed E-state index contributed by atoms with van der Waals surface area (Å²) < 4.78 is 12.9. The van der Waals surface area contributed by atoms with E-state index in [-0.39, 0.29) is 18.5 Å². The van der Waals surface area contributed by atoms with Gasteiger partial charge in [0.15, 0.2) is 0 Å². The maximum atomic E-state index is 12.9. The quantitative estimate of drug-likeness (QED) is 0.862.